The van der Waals surface area contributed by atoms with Gasteiger partial charge >= 0.3 is 0 Å². The average molecular weight is 415 g/mol. The zero-order valence-electron chi connectivity index (χ0n) is 10.4. The number of hydrogen-bond acceptors (Lipinski definition) is 2. The normalized spacial score (nSPS) is 11.8. The molecule has 0 heterocycles. The zero-order chi connectivity index (χ0) is 15.6. The lowest BCUT2D eigenvalue weighted by Crippen LogP contribution is -2.13. The predicted molar refractivity (Wildman–Crippen MR) is 80.9 cm³/mol. The van der Waals surface area contributed by atoms with Crippen molar-refractivity contribution >= 4 is 37.6 Å². The summed E-state index contributed by atoms with van der Waals surface area (Å²) >= 11 is 6.49. The molecule has 0 aliphatic heterocycles. The smallest absolute Gasteiger partial charge is 0.185 e. The quantitative estimate of drug-likeness (QED) is 0.664. The molecule has 0 radical (unpaired) electrons. The van der Waals surface area contributed by atoms with Crippen molar-refractivity contribution in [1.29, 1.82) is 5.26 Å². The largest absolute Gasteiger partial charge is 0.292 e. The summed E-state index contributed by atoms with van der Waals surface area (Å²) in [4.78, 5) is 12.4. The van der Waals surface area contributed by atoms with Crippen LogP contribution in [0.4, 0.5) is 8.78 Å². The van der Waals surface area contributed by atoms with Crippen molar-refractivity contribution in [2.75, 3.05) is 0 Å². The molecule has 0 bridgehead atoms. The van der Waals surface area contributed by atoms with Gasteiger partial charge in [0, 0.05) is 26.1 Å². The van der Waals surface area contributed by atoms with E-state index in [1.165, 1.54) is 6.07 Å². The first-order valence-corrected chi connectivity index (χ1v) is 7.36. The number of halogens is 4. The molecule has 0 amide bonds. The number of benzene rings is 2. The van der Waals surface area contributed by atoms with Gasteiger partial charge in [-0.2, -0.15) is 5.26 Å². The van der Waals surface area contributed by atoms with E-state index in [4.69, 9.17) is 0 Å². The molecule has 0 spiro atoms. The molecular weight excluding hydrogens is 408 g/mol. The van der Waals surface area contributed by atoms with E-state index in [0.717, 1.165) is 16.6 Å². The van der Waals surface area contributed by atoms with Crippen molar-refractivity contribution < 1.29 is 13.6 Å². The van der Waals surface area contributed by atoms with Crippen LogP contribution in [0.15, 0.2) is 45.3 Å². The molecule has 6 heteroatoms. The minimum Gasteiger partial charge on any atom is -0.292 e. The summed E-state index contributed by atoms with van der Waals surface area (Å²) < 4.78 is 27.9. The predicted octanol–water partition coefficient (Wildman–Crippen LogP) is 4.98. The highest BCUT2D eigenvalue weighted by molar-refractivity contribution is 9.11. The van der Waals surface area contributed by atoms with Gasteiger partial charge in [0.25, 0.3) is 0 Å². The van der Waals surface area contributed by atoms with Crippen LogP contribution in [0.2, 0.25) is 0 Å². The van der Waals surface area contributed by atoms with E-state index in [1.807, 2.05) is 0 Å². The maximum Gasteiger partial charge on any atom is 0.185 e. The van der Waals surface area contributed by atoms with E-state index in [-0.39, 0.29) is 11.1 Å². The highest BCUT2D eigenvalue weighted by Crippen LogP contribution is 2.29. The fraction of sp³-hybridized carbons (Fsp3) is 0.0667. The Labute approximate surface area is 136 Å². The Kier molecular flexibility index (Phi) is 4.86. The molecule has 1 atom stereocenters. The molecule has 0 saturated carbocycles. The summed E-state index contributed by atoms with van der Waals surface area (Å²) in [7, 11) is 0. The van der Waals surface area contributed by atoms with E-state index in [0.29, 0.717) is 10.5 Å². The number of Topliss-reactive ketones (excluding diaryl/α,β-unsaturated/α-hetero) is 1. The zero-order valence-corrected chi connectivity index (χ0v) is 13.6. The van der Waals surface area contributed by atoms with Gasteiger partial charge in [-0.25, -0.2) is 8.78 Å². The third-order valence-corrected chi connectivity index (χ3v) is 4.01. The molecule has 21 heavy (non-hydrogen) atoms. The Balaban J connectivity index is 2.46. The lowest BCUT2D eigenvalue weighted by atomic mass is 9.91. The van der Waals surface area contributed by atoms with Gasteiger partial charge in [-0.3, -0.25) is 4.79 Å². The van der Waals surface area contributed by atoms with Crippen LogP contribution in [0.1, 0.15) is 21.8 Å². The van der Waals surface area contributed by atoms with Gasteiger partial charge in [0.1, 0.15) is 17.6 Å². The van der Waals surface area contributed by atoms with Crippen LogP contribution in [0.3, 0.4) is 0 Å². The molecule has 0 saturated heterocycles. The molecule has 2 nitrogen and oxygen atoms in total. The van der Waals surface area contributed by atoms with Crippen LogP contribution in [0.5, 0.6) is 0 Å². The van der Waals surface area contributed by atoms with Gasteiger partial charge in [-0.15, -0.1) is 0 Å². The van der Waals surface area contributed by atoms with Gasteiger partial charge in [-0.1, -0.05) is 37.9 Å². The number of rotatable bonds is 3. The number of hydrogen-bond donors (Lipinski definition) is 0. The minimum atomic E-state index is -1.33. The molecule has 0 fully saturated rings. The second kappa shape index (κ2) is 6.46. The van der Waals surface area contributed by atoms with E-state index in [2.05, 4.69) is 31.9 Å². The first-order chi connectivity index (χ1) is 9.93. The summed E-state index contributed by atoms with van der Waals surface area (Å²) in [5.74, 6) is -3.56. The second-order valence-electron chi connectivity index (χ2n) is 4.22. The number of carbonyl (C=O) groups is 1. The van der Waals surface area contributed by atoms with Gasteiger partial charge < -0.3 is 0 Å². The fourth-order valence-corrected chi connectivity index (χ4v) is 3.09. The van der Waals surface area contributed by atoms with Crippen molar-refractivity contribution in [3.05, 3.63) is 68.1 Å². The fourth-order valence-electron chi connectivity index (χ4n) is 1.85. The summed E-state index contributed by atoms with van der Waals surface area (Å²) in [5.41, 5.74) is 0.118. The molecule has 2 aromatic rings. The molecule has 0 aromatic heterocycles. The third kappa shape index (κ3) is 3.36. The van der Waals surface area contributed by atoms with Gasteiger partial charge in [-0.05, 0) is 24.3 Å². The highest BCUT2D eigenvalue weighted by atomic mass is 79.9. The SMILES string of the molecule is N#CC(C(=O)c1ccc(Br)cc1Br)c1ccc(F)cc1F. The Morgan fingerprint density at radius 3 is 2.43 bits per heavy atom. The molecule has 0 aliphatic rings. The first-order valence-electron chi connectivity index (χ1n) is 5.78. The lowest BCUT2D eigenvalue weighted by Gasteiger charge is -2.11. The van der Waals surface area contributed by atoms with Crippen LogP contribution in [0, 0.1) is 23.0 Å². The van der Waals surface area contributed by atoms with E-state index < -0.39 is 23.3 Å². The number of nitrogens with zero attached hydrogens (tertiary/aromatic N) is 1. The van der Waals surface area contributed by atoms with Gasteiger partial charge in [0.2, 0.25) is 0 Å². The first kappa shape index (κ1) is 15.8. The summed E-state index contributed by atoms with van der Waals surface area (Å²) in [5, 5.41) is 9.19. The van der Waals surface area contributed by atoms with Crippen molar-refractivity contribution in [3.63, 3.8) is 0 Å². The Hall–Kier alpha value is -1.58. The monoisotopic (exact) mass is 413 g/mol. The lowest BCUT2D eigenvalue weighted by molar-refractivity contribution is 0.0976. The number of carbonyl (C=O) groups excluding carboxylic acids is 1. The summed E-state index contributed by atoms with van der Waals surface area (Å²) in [6.45, 7) is 0. The maximum absolute atomic E-state index is 13.8. The van der Waals surface area contributed by atoms with Crippen LogP contribution in [-0.2, 0) is 0 Å². The topological polar surface area (TPSA) is 40.9 Å². The van der Waals surface area contributed by atoms with Crippen LogP contribution in [-0.4, -0.2) is 5.78 Å². The Morgan fingerprint density at radius 2 is 1.86 bits per heavy atom. The molecule has 106 valence electrons. The summed E-state index contributed by atoms with van der Waals surface area (Å²) in [6, 6.07) is 9.40. The molecule has 0 N–H and O–H groups in total. The maximum atomic E-state index is 13.8. The van der Waals surface area contributed by atoms with Gasteiger partial charge in [0.15, 0.2) is 5.78 Å². The number of ketones is 1. The highest BCUT2D eigenvalue weighted by Gasteiger charge is 2.26. The van der Waals surface area contributed by atoms with E-state index in [1.54, 1.807) is 18.2 Å². The standard InChI is InChI=1S/C15H7Br2F2NO/c16-8-1-3-11(13(17)5-8)15(21)12(7-20)10-4-2-9(18)6-14(10)19/h1-6,12H. The molecule has 2 aromatic carbocycles. The van der Waals surface area contributed by atoms with Crippen LogP contribution in [0.25, 0.3) is 0 Å². The second-order valence-corrected chi connectivity index (χ2v) is 5.99. The van der Waals surface area contributed by atoms with Crippen molar-refractivity contribution in [2.45, 2.75) is 5.92 Å². The number of nitriles is 1. The van der Waals surface area contributed by atoms with Crippen LogP contribution < -0.4 is 0 Å². The third-order valence-electron chi connectivity index (χ3n) is 2.86. The van der Waals surface area contributed by atoms with Gasteiger partial charge in [0.05, 0.1) is 6.07 Å². The van der Waals surface area contributed by atoms with Crippen molar-refractivity contribution in [1.82, 2.24) is 0 Å². The molecular formula is C15H7Br2F2NO. The van der Waals surface area contributed by atoms with E-state index in [9.17, 15) is 18.8 Å². The van der Waals surface area contributed by atoms with Crippen molar-refractivity contribution in [2.24, 2.45) is 0 Å². The molecule has 2 rings (SSSR count). The van der Waals surface area contributed by atoms with E-state index >= 15 is 0 Å². The minimum absolute atomic E-state index is 0.140. The average Bonchev–Trinajstić information content (AvgIpc) is 2.41. The molecule has 1 unspecified atom stereocenters. The van der Waals surface area contributed by atoms with Crippen LogP contribution >= 0.6 is 31.9 Å². The summed E-state index contributed by atoms with van der Waals surface area (Å²) in [6.07, 6.45) is 0. The van der Waals surface area contributed by atoms with Crippen molar-refractivity contribution in [3.8, 4) is 6.07 Å². The Bertz CT molecular complexity index is 756. The molecule has 0 aliphatic carbocycles. The Morgan fingerprint density at radius 1 is 1.14 bits per heavy atom.